The third-order valence-corrected chi connectivity index (χ3v) is 4.39. The molecule has 6 heteroatoms. The van der Waals surface area contributed by atoms with Crippen LogP contribution in [0.25, 0.3) is 0 Å². The van der Waals surface area contributed by atoms with Gasteiger partial charge >= 0.3 is 5.97 Å². The van der Waals surface area contributed by atoms with Crippen LogP contribution in [0.2, 0.25) is 0 Å². The summed E-state index contributed by atoms with van der Waals surface area (Å²) in [5, 5.41) is 11.7. The fourth-order valence-electron chi connectivity index (χ4n) is 1.96. The standard InChI is InChI=1S/C16H17NO4S/c1-10(11-3-5-12(21-2)6-4-11)15(18)17-9-13-7-8-14(22-13)16(19)20/h3-8,10H,9H2,1-2H3,(H,17,18)(H,19,20). The molecule has 1 aromatic heterocycles. The van der Waals surface area contributed by atoms with Gasteiger partial charge in [-0.2, -0.15) is 0 Å². The van der Waals surface area contributed by atoms with Crippen LogP contribution in [0, 0.1) is 0 Å². The first-order valence-electron chi connectivity index (χ1n) is 6.75. The van der Waals surface area contributed by atoms with Crippen molar-refractivity contribution in [3.05, 3.63) is 51.7 Å². The first-order chi connectivity index (χ1) is 10.5. The molecule has 0 aliphatic rings. The van der Waals surface area contributed by atoms with Crippen molar-refractivity contribution in [3.63, 3.8) is 0 Å². The van der Waals surface area contributed by atoms with Crippen molar-refractivity contribution in [3.8, 4) is 5.75 Å². The second-order valence-electron chi connectivity index (χ2n) is 4.78. The van der Waals surface area contributed by atoms with Crippen LogP contribution in [0.3, 0.4) is 0 Å². The number of carboxylic acids is 1. The highest BCUT2D eigenvalue weighted by Gasteiger charge is 2.15. The van der Waals surface area contributed by atoms with Crippen LogP contribution in [-0.2, 0) is 11.3 Å². The van der Waals surface area contributed by atoms with Crippen LogP contribution >= 0.6 is 11.3 Å². The first kappa shape index (κ1) is 16.0. The molecule has 0 aliphatic heterocycles. The van der Waals surface area contributed by atoms with E-state index in [0.717, 1.165) is 27.5 Å². The summed E-state index contributed by atoms with van der Waals surface area (Å²) in [4.78, 5) is 24.1. The second kappa shape index (κ2) is 7.09. The van der Waals surface area contributed by atoms with Gasteiger partial charge in [-0.15, -0.1) is 11.3 Å². The van der Waals surface area contributed by atoms with Crippen molar-refractivity contribution < 1.29 is 19.4 Å². The molecule has 0 saturated heterocycles. The van der Waals surface area contributed by atoms with Crippen LogP contribution in [-0.4, -0.2) is 24.1 Å². The van der Waals surface area contributed by atoms with E-state index in [2.05, 4.69) is 5.32 Å². The number of aromatic carboxylic acids is 1. The number of amides is 1. The van der Waals surface area contributed by atoms with Crippen LogP contribution in [0.15, 0.2) is 36.4 Å². The Morgan fingerprint density at radius 1 is 1.23 bits per heavy atom. The number of hydrogen-bond acceptors (Lipinski definition) is 4. The quantitative estimate of drug-likeness (QED) is 0.858. The van der Waals surface area contributed by atoms with E-state index >= 15 is 0 Å². The molecule has 1 unspecified atom stereocenters. The lowest BCUT2D eigenvalue weighted by atomic mass is 10.0. The predicted octanol–water partition coefficient (Wildman–Crippen LogP) is 2.87. The molecule has 22 heavy (non-hydrogen) atoms. The van der Waals surface area contributed by atoms with Gasteiger partial charge in [0.2, 0.25) is 5.91 Å². The van der Waals surface area contributed by atoms with E-state index in [-0.39, 0.29) is 16.7 Å². The largest absolute Gasteiger partial charge is 0.497 e. The van der Waals surface area contributed by atoms with Crippen LogP contribution in [0.1, 0.15) is 33.0 Å². The normalized spacial score (nSPS) is 11.7. The number of hydrogen-bond donors (Lipinski definition) is 2. The molecule has 2 rings (SSSR count). The number of rotatable bonds is 6. The number of carbonyl (C=O) groups is 2. The van der Waals surface area contributed by atoms with Gasteiger partial charge in [0.25, 0.3) is 0 Å². The molecule has 0 saturated carbocycles. The smallest absolute Gasteiger partial charge is 0.345 e. The van der Waals surface area contributed by atoms with Crippen molar-refractivity contribution in [1.29, 1.82) is 0 Å². The maximum atomic E-state index is 12.2. The fourth-order valence-corrected chi connectivity index (χ4v) is 2.75. The Morgan fingerprint density at radius 3 is 2.45 bits per heavy atom. The first-order valence-corrected chi connectivity index (χ1v) is 7.56. The van der Waals surface area contributed by atoms with E-state index in [9.17, 15) is 9.59 Å². The molecule has 5 nitrogen and oxygen atoms in total. The van der Waals surface area contributed by atoms with E-state index in [4.69, 9.17) is 9.84 Å². The highest BCUT2D eigenvalue weighted by Crippen LogP contribution is 2.20. The zero-order valence-electron chi connectivity index (χ0n) is 12.3. The van der Waals surface area contributed by atoms with Crippen molar-refractivity contribution in [1.82, 2.24) is 5.32 Å². The van der Waals surface area contributed by atoms with Crippen LogP contribution < -0.4 is 10.1 Å². The van der Waals surface area contributed by atoms with Crippen molar-refractivity contribution >= 4 is 23.2 Å². The minimum atomic E-state index is -0.950. The number of benzene rings is 1. The monoisotopic (exact) mass is 319 g/mol. The summed E-state index contributed by atoms with van der Waals surface area (Å²) in [6.45, 7) is 2.16. The Balaban J connectivity index is 1.94. The fraction of sp³-hybridized carbons (Fsp3) is 0.250. The minimum Gasteiger partial charge on any atom is -0.497 e. The summed E-state index contributed by atoms with van der Waals surface area (Å²) in [6, 6.07) is 10.6. The van der Waals surface area contributed by atoms with Crippen molar-refractivity contribution in [2.24, 2.45) is 0 Å². The van der Waals surface area contributed by atoms with Crippen molar-refractivity contribution in [2.45, 2.75) is 19.4 Å². The van der Waals surface area contributed by atoms with Gasteiger partial charge in [-0.05, 0) is 36.8 Å². The second-order valence-corrected chi connectivity index (χ2v) is 5.95. The van der Waals surface area contributed by atoms with Gasteiger partial charge in [0.1, 0.15) is 10.6 Å². The lowest BCUT2D eigenvalue weighted by Gasteiger charge is -2.12. The van der Waals surface area contributed by atoms with E-state index in [1.165, 1.54) is 0 Å². The molecule has 1 heterocycles. The van der Waals surface area contributed by atoms with E-state index in [0.29, 0.717) is 6.54 Å². The summed E-state index contributed by atoms with van der Waals surface area (Å²) in [5.41, 5.74) is 0.899. The SMILES string of the molecule is COc1ccc(C(C)C(=O)NCc2ccc(C(=O)O)s2)cc1. The number of methoxy groups -OCH3 is 1. The number of thiophene rings is 1. The maximum Gasteiger partial charge on any atom is 0.345 e. The van der Waals surface area contributed by atoms with Gasteiger partial charge in [0.15, 0.2) is 0 Å². The Labute approximate surface area is 132 Å². The Morgan fingerprint density at radius 2 is 1.91 bits per heavy atom. The summed E-state index contributed by atoms with van der Waals surface area (Å²) in [6.07, 6.45) is 0. The number of ether oxygens (including phenoxy) is 1. The lowest BCUT2D eigenvalue weighted by Crippen LogP contribution is -2.27. The molecule has 116 valence electrons. The van der Waals surface area contributed by atoms with E-state index in [1.807, 2.05) is 31.2 Å². The van der Waals surface area contributed by atoms with Gasteiger partial charge in [0, 0.05) is 4.88 Å². The summed E-state index contributed by atoms with van der Waals surface area (Å²) >= 11 is 1.16. The van der Waals surface area contributed by atoms with Gasteiger partial charge in [-0.3, -0.25) is 4.79 Å². The van der Waals surface area contributed by atoms with Gasteiger partial charge in [0.05, 0.1) is 19.6 Å². The van der Waals surface area contributed by atoms with Gasteiger partial charge in [-0.1, -0.05) is 12.1 Å². The highest BCUT2D eigenvalue weighted by atomic mass is 32.1. The summed E-state index contributed by atoms with van der Waals surface area (Å²) in [7, 11) is 1.59. The molecule has 2 N–H and O–H groups in total. The summed E-state index contributed by atoms with van der Waals surface area (Å²) < 4.78 is 5.09. The lowest BCUT2D eigenvalue weighted by molar-refractivity contribution is -0.122. The molecule has 0 radical (unpaired) electrons. The van der Waals surface area contributed by atoms with Crippen molar-refractivity contribution in [2.75, 3.05) is 7.11 Å². The summed E-state index contributed by atoms with van der Waals surface area (Å²) in [5.74, 6) is -0.592. The molecule has 2 aromatic rings. The maximum absolute atomic E-state index is 12.2. The third kappa shape index (κ3) is 3.85. The Kier molecular flexibility index (Phi) is 5.16. The predicted molar refractivity (Wildman–Crippen MR) is 84.5 cm³/mol. The average molecular weight is 319 g/mol. The molecule has 1 atom stereocenters. The topological polar surface area (TPSA) is 75.6 Å². The molecular formula is C16H17NO4S. The highest BCUT2D eigenvalue weighted by molar-refractivity contribution is 7.13. The average Bonchev–Trinajstić information content (AvgIpc) is 3.01. The molecule has 1 aromatic carbocycles. The van der Waals surface area contributed by atoms with Gasteiger partial charge < -0.3 is 15.2 Å². The number of carboxylic acid groups (broad SMARTS) is 1. The molecular weight excluding hydrogens is 302 g/mol. The number of nitrogens with one attached hydrogen (secondary N) is 1. The Bertz CT molecular complexity index is 663. The third-order valence-electron chi connectivity index (χ3n) is 3.32. The Hall–Kier alpha value is -2.34. The van der Waals surface area contributed by atoms with Gasteiger partial charge in [-0.25, -0.2) is 4.79 Å². The molecule has 0 fully saturated rings. The molecule has 0 aliphatic carbocycles. The molecule has 1 amide bonds. The minimum absolute atomic E-state index is 0.101. The molecule has 0 spiro atoms. The zero-order chi connectivity index (χ0) is 16.1. The number of carbonyl (C=O) groups excluding carboxylic acids is 1. The van der Waals surface area contributed by atoms with Crippen LogP contribution in [0.4, 0.5) is 0 Å². The molecule has 0 bridgehead atoms. The van der Waals surface area contributed by atoms with E-state index in [1.54, 1.807) is 19.2 Å². The zero-order valence-corrected chi connectivity index (χ0v) is 13.1. The van der Waals surface area contributed by atoms with E-state index < -0.39 is 5.97 Å². The van der Waals surface area contributed by atoms with Crippen LogP contribution in [0.5, 0.6) is 5.75 Å².